The molecule has 1 atom stereocenters. The maximum absolute atomic E-state index is 12.0. The van der Waals surface area contributed by atoms with Crippen LogP contribution in [0.5, 0.6) is 0 Å². The van der Waals surface area contributed by atoms with Crippen molar-refractivity contribution in [1.29, 1.82) is 0 Å². The molecule has 15 heavy (non-hydrogen) atoms. The second-order valence-electron chi connectivity index (χ2n) is 3.59. The molecular weight excluding hydrogens is 188 g/mol. The molecule has 1 aromatic rings. The second-order valence-corrected chi connectivity index (χ2v) is 3.59. The number of ether oxygens (including phenoxy) is 1. The number of Topliss-reactive ketones (excluding diaryl/α,β-unsaturated/α-hetero) is 1. The lowest BCUT2D eigenvalue weighted by Crippen LogP contribution is -2.23. The Bertz CT molecular complexity index is 331. The molecule has 0 aliphatic rings. The number of benzene rings is 1. The van der Waals surface area contributed by atoms with Crippen molar-refractivity contribution in [2.45, 2.75) is 33.3 Å². The molecule has 0 amide bonds. The van der Waals surface area contributed by atoms with Crippen LogP contribution in [0.4, 0.5) is 0 Å². The molecule has 2 heteroatoms. The summed E-state index contributed by atoms with van der Waals surface area (Å²) in [7, 11) is 0. The summed E-state index contributed by atoms with van der Waals surface area (Å²) in [4.78, 5) is 12.0. The minimum absolute atomic E-state index is 0.0862. The third-order valence-electron chi connectivity index (χ3n) is 2.33. The maximum Gasteiger partial charge on any atom is 0.191 e. The standard InChI is InChI=1S/C13H18O2/c1-4-12(15-5-2)13(14)11-8-6-7-10(3)9-11/h6-9,12H,4-5H2,1-3H3. The molecule has 0 aliphatic carbocycles. The van der Waals surface area contributed by atoms with E-state index in [1.165, 1.54) is 0 Å². The van der Waals surface area contributed by atoms with E-state index in [-0.39, 0.29) is 11.9 Å². The highest BCUT2D eigenvalue weighted by molar-refractivity contribution is 5.99. The van der Waals surface area contributed by atoms with Crippen molar-refractivity contribution in [1.82, 2.24) is 0 Å². The first-order chi connectivity index (χ1) is 7.19. The van der Waals surface area contributed by atoms with Crippen LogP contribution in [0.15, 0.2) is 24.3 Å². The fraction of sp³-hybridized carbons (Fsp3) is 0.462. The van der Waals surface area contributed by atoms with Crippen LogP contribution in [0.25, 0.3) is 0 Å². The molecule has 0 saturated carbocycles. The summed E-state index contributed by atoms with van der Waals surface area (Å²) in [5, 5.41) is 0. The first kappa shape index (κ1) is 11.9. The van der Waals surface area contributed by atoms with Gasteiger partial charge in [0, 0.05) is 12.2 Å². The van der Waals surface area contributed by atoms with Gasteiger partial charge in [-0.05, 0) is 26.3 Å². The highest BCUT2D eigenvalue weighted by Crippen LogP contribution is 2.11. The van der Waals surface area contributed by atoms with Crippen molar-refractivity contribution in [2.24, 2.45) is 0 Å². The predicted molar refractivity (Wildman–Crippen MR) is 61.2 cm³/mol. The van der Waals surface area contributed by atoms with E-state index in [4.69, 9.17) is 4.74 Å². The zero-order valence-corrected chi connectivity index (χ0v) is 9.62. The molecule has 0 spiro atoms. The number of ketones is 1. The van der Waals surface area contributed by atoms with E-state index >= 15 is 0 Å². The Balaban J connectivity index is 2.82. The molecule has 0 radical (unpaired) electrons. The van der Waals surface area contributed by atoms with Crippen LogP contribution in [0.3, 0.4) is 0 Å². The maximum atomic E-state index is 12.0. The van der Waals surface area contributed by atoms with Gasteiger partial charge in [0.05, 0.1) is 0 Å². The molecule has 0 saturated heterocycles. The molecule has 1 rings (SSSR count). The first-order valence-electron chi connectivity index (χ1n) is 5.41. The van der Waals surface area contributed by atoms with Gasteiger partial charge in [-0.2, -0.15) is 0 Å². The van der Waals surface area contributed by atoms with E-state index in [0.717, 1.165) is 17.5 Å². The minimum atomic E-state index is -0.295. The molecule has 0 fully saturated rings. The van der Waals surface area contributed by atoms with Crippen LogP contribution in [0.1, 0.15) is 36.2 Å². The van der Waals surface area contributed by atoms with Gasteiger partial charge >= 0.3 is 0 Å². The van der Waals surface area contributed by atoms with E-state index in [2.05, 4.69) is 0 Å². The van der Waals surface area contributed by atoms with Gasteiger partial charge in [0.15, 0.2) is 5.78 Å². The van der Waals surface area contributed by atoms with Crippen LogP contribution in [0, 0.1) is 6.92 Å². The largest absolute Gasteiger partial charge is 0.370 e. The van der Waals surface area contributed by atoms with Gasteiger partial charge in [0.25, 0.3) is 0 Å². The van der Waals surface area contributed by atoms with Crippen LogP contribution < -0.4 is 0 Å². The molecular formula is C13H18O2. The van der Waals surface area contributed by atoms with E-state index in [0.29, 0.717) is 6.61 Å². The van der Waals surface area contributed by atoms with Crippen molar-refractivity contribution >= 4 is 5.78 Å². The van der Waals surface area contributed by atoms with Gasteiger partial charge in [0.2, 0.25) is 0 Å². The Labute approximate surface area is 91.3 Å². The van der Waals surface area contributed by atoms with E-state index in [9.17, 15) is 4.79 Å². The smallest absolute Gasteiger partial charge is 0.191 e. The summed E-state index contributed by atoms with van der Waals surface area (Å²) < 4.78 is 5.40. The van der Waals surface area contributed by atoms with Crippen LogP contribution in [-0.2, 0) is 4.74 Å². The number of hydrogen-bond donors (Lipinski definition) is 0. The van der Waals surface area contributed by atoms with Gasteiger partial charge < -0.3 is 4.74 Å². The van der Waals surface area contributed by atoms with Crippen molar-refractivity contribution in [3.63, 3.8) is 0 Å². The Morgan fingerprint density at radius 1 is 1.40 bits per heavy atom. The van der Waals surface area contributed by atoms with Crippen LogP contribution >= 0.6 is 0 Å². The Hall–Kier alpha value is -1.15. The zero-order valence-electron chi connectivity index (χ0n) is 9.62. The van der Waals surface area contributed by atoms with Gasteiger partial charge in [-0.15, -0.1) is 0 Å². The summed E-state index contributed by atoms with van der Waals surface area (Å²) in [6.07, 6.45) is 0.428. The molecule has 0 aromatic heterocycles. The third-order valence-corrected chi connectivity index (χ3v) is 2.33. The Morgan fingerprint density at radius 2 is 2.13 bits per heavy atom. The van der Waals surface area contributed by atoms with Crippen molar-refractivity contribution < 1.29 is 9.53 Å². The number of hydrogen-bond acceptors (Lipinski definition) is 2. The van der Waals surface area contributed by atoms with Crippen molar-refractivity contribution in [3.05, 3.63) is 35.4 Å². The minimum Gasteiger partial charge on any atom is -0.370 e. The van der Waals surface area contributed by atoms with E-state index < -0.39 is 0 Å². The van der Waals surface area contributed by atoms with Crippen molar-refractivity contribution in [3.8, 4) is 0 Å². The fourth-order valence-electron chi connectivity index (χ4n) is 1.56. The number of rotatable bonds is 5. The number of carbonyl (C=O) groups is 1. The van der Waals surface area contributed by atoms with E-state index in [1.54, 1.807) is 0 Å². The lowest BCUT2D eigenvalue weighted by atomic mass is 10.0. The Morgan fingerprint density at radius 3 is 2.67 bits per heavy atom. The molecule has 0 aliphatic heterocycles. The zero-order chi connectivity index (χ0) is 11.3. The first-order valence-corrected chi connectivity index (χ1v) is 5.41. The molecule has 0 heterocycles. The van der Waals surface area contributed by atoms with Gasteiger partial charge in [0.1, 0.15) is 6.10 Å². The topological polar surface area (TPSA) is 26.3 Å². The summed E-state index contributed by atoms with van der Waals surface area (Å²) in [5.41, 5.74) is 1.85. The van der Waals surface area contributed by atoms with Crippen LogP contribution in [-0.4, -0.2) is 18.5 Å². The Kier molecular flexibility index (Phi) is 4.50. The molecule has 1 aromatic carbocycles. The van der Waals surface area contributed by atoms with Crippen LogP contribution in [0.2, 0.25) is 0 Å². The summed E-state index contributed by atoms with van der Waals surface area (Å²) in [6.45, 7) is 6.44. The quantitative estimate of drug-likeness (QED) is 0.692. The molecule has 2 nitrogen and oxygen atoms in total. The predicted octanol–water partition coefficient (Wildman–Crippen LogP) is 2.99. The number of carbonyl (C=O) groups excluding carboxylic acids is 1. The SMILES string of the molecule is CCOC(CC)C(=O)c1cccc(C)c1. The lowest BCUT2D eigenvalue weighted by Gasteiger charge is -2.13. The summed E-state index contributed by atoms with van der Waals surface area (Å²) in [5.74, 6) is 0.0862. The molecule has 0 N–H and O–H groups in total. The average molecular weight is 206 g/mol. The highest BCUT2D eigenvalue weighted by Gasteiger charge is 2.17. The number of aryl methyl sites for hydroxylation is 1. The normalized spacial score (nSPS) is 12.5. The monoisotopic (exact) mass is 206 g/mol. The fourth-order valence-corrected chi connectivity index (χ4v) is 1.56. The molecule has 1 unspecified atom stereocenters. The lowest BCUT2D eigenvalue weighted by molar-refractivity contribution is 0.0444. The second kappa shape index (κ2) is 5.66. The summed E-state index contributed by atoms with van der Waals surface area (Å²) >= 11 is 0. The van der Waals surface area contributed by atoms with Gasteiger partial charge in [-0.1, -0.05) is 30.7 Å². The van der Waals surface area contributed by atoms with Gasteiger partial charge in [-0.3, -0.25) is 4.79 Å². The van der Waals surface area contributed by atoms with Gasteiger partial charge in [-0.25, -0.2) is 0 Å². The van der Waals surface area contributed by atoms with Crippen molar-refractivity contribution in [2.75, 3.05) is 6.61 Å². The molecule has 0 bridgehead atoms. The average Bonchev–Trinajstić information content (AvgIpc) is 2.25. The molecule has 82 valence electrons. The third kappa shape index (κ3) is 3.17. The van der Waals surface area contributed by atoms with E-state index in [1.807, 2.05) is 45.0 Å². The summed E-state index contributed by atoms with van der Waals surface area (Å²) in [6, 6.07) is 7.64. The highest BCUT2D eigenvalue weighted by atomic mass is 16.5.